The van der Waals surface area contributed by atoms with Crippen LogP contribution < -0.4 is 14.8 Å². The van der Waals surface area contributed by atoms with E-state index in [0.717, 1.165) is 80.0 Å². The van der Waals surface area contributed by atoms with Gasteiger partial charge in [-0.2, -0.15) is 0 Å². The number of nitrogens with one attached hydrogen (secondary N) is 1. The lowest BCUT2D eigenvalue weighted by molar-refractivity contribution is 0.0378. The molecule has 8 heteroatoms. The first-order valence-electron chi connectivity index (χ1n) is 9.66. The van der Waals surface area contributed by atoms with Crippen LogP contribution in [0.25, 0.3) is 16.9 Å². The molecule has 0 radical (unpaired) electrons. The van der Waals surface area contributed by atoms with Gasteiger partial charge in [-0.05, 0) is 43.3 Å². The third-order valence-corrected chi connectivity index (χ3v) is 5.09. The molecule has 0 atom stereocenters. The predicted molar refractivity (Wildman–Crippen MR) is 105 cm³/mol. The van der Waals surface area contributed by atoms with Gasteiger partial charge in [-0.3, -0.25) is 4.90 Å². The molecule has 4 heterocycles. The highest BCUT2D eigenvalue weighted by molar-refractivity contribution is 5.67. The monoisotopic (exact) mass is 381 g/mol. The quantitative estimate of drug-likeness (QED) is 0.657. The molecule has 1 saturated heterocycles. The first kappa shape index (κ1) is 17.3. The van der Waals surface area contributed by atoms with E-state index in [9.17, 15) is 0 Å². The Kier molecular flexibility index (Phi) is 4.72. The second-order valence-corrected chi connectivity index (χ2v) is 6.93. The fraction of sp³-hybridized carbons (Fsp3) is 0.400. The Balaban J connectivity index is 1.28. The Hall–Kier alpha value is -2.84. The van der Waals surface area contributed by atoms with Gasteiger partial charge in [0, 0.05) is 25.2 Å². The Labute approximate surface area is 163 Å². The zero-order valence-corrected chi connectivity index (χ0v) is 15.6. The van der Waals surface area contributed by atoms with Gasteiger partial charge >= 0.3 is 0 Å². The van der Waals surface area contributed by atoms with Gasteiger partial charge in [0.05, 0.1) is 25.1 Å². The minimum Gasteiger partial charge on any atom is -0.454 e. The summed E-state index contributed by atoms with van der Waals surface area (Å²) in [6, 6.07) is 9.84. The van der Waals surface area contributed by atoms with Crippen molar-refractivity contribution in [1.29, 1.82) is 0 Å². The molecule has 1 fully saturated rings. The van der Waals surface area contributed by atoms with E-state index in [-0.39, 0.29) is 6.79 Å². The van der Waals surface area contributed by atoms with Crippen molar-refractivity contribution in [3.8, 4) is 22.8 Å². The van der Waals surface area contributed by atoms with Gasteiger partial charge in [-0.15, -0.1) is 5.10 Å². The van der Waals surface area contributed by atoms with Crippen molar-refractivity contribution in [2.45, 2.75) is 6.42 Å². The smallest absolute Gasteiger partial charge is 0.231 e. The highest BCUT2D eigenvalue weighted by Crippen LogP contribution is 2.35. The number of imidazole rings is 1. The maximum atomic E-state index is 5.49. The Morgan fingerprint density at radius 2 is 1.93 bits per heavy atom. The molecule has 0 unspecified atom stereocenters. The molecule has 2 aliphatic heterocycles. The number of rotatable bonds is 6. The van der Waals surface area contributed by atoms with E-state index in [4.69, 9.17) is 19.3 Å². The van der Waals surface area contributed by atoms with E-state index in [1.165, 1.54) is 0 Å². The number of aromatic nitrogens is 3. The summed E-state index contributed by atoms with van der Waals surface area (Å²) in [5.74, 6) is 2.37. The molecule has 0 spiro atoms. The molecule has 2 aromatic heterocycles. The number of nitrogens with zero attached hydrogens (tertiary/aromatic N) is 4. The lowest BCUT2D eigenvalue weighted by Crippen LogP contribution is -2.37. The maximum Gasteiger partial charge on any atom is 0.231 e. The molecule has 28 heavy (non-hydrogen) atoms. The summed E-state index contributed by atoms with van der Waals surface area (Å²) in [4.78, 5) is 6.91. The molecule has 3 aromatic rings. The van der Waals surface area contributed by atoms with Crippen LogP contribution in [0, 0.1) is 0 Å². The average molecular weight is 381 g/mol. The van der Waals surface area contributed by atoms with Crippen LogP contribution in [0.5, 0.6) is 11.5 Å². The largest absolute Gasteiger partial charge is 0.454 e. The van der Waals surface area contributed by atoms with E-state index in [1.54, 1.807) is 0 Å². The van der Waals surface area contributed by atoms with Crippen molar-refractivity contribution >= 4 is 11.5 Å². The summed E-state index contributed by atoms with van der Waals surface area (Å²) in [5.41, 5.74) is 2.73. The maximum absolute atomic E-state index is 5.49. The highest BCUT2D eigenvalue weighted by atomic mass is 16.7. The molecule has 0 bridgehead atoms. The van der Waals surface area contributed by atoms with Crippen LogP contribution in [0.4, 0.5) is 5.82 Å². The van der Waals surface area contributed by atoms with Crippen molar-refractivity contribution in [1.82, 2.24) is 19.5 Å². The average Bonchev–Trinajstić information content (AvgIpc) is 3.38. The van der Waals surface area contributed by atoms with Crippen molar-refractivity contribution in [2.75, 3.05) is 51.5 Å². The second kappa shape index (κ2) is 7.65. The Morgan fingerprint density at radius 3 is 2.86 bits per heavy atom. The standard InChI is InChI=1S/C20H23N5O3/c1(7-24-8-10-26-11-9-24)6-21-19-4-5-20-22-13-16(25(20)23-19)15-2-3-17-18(12-15)28-14-27-17/h2-5,12-13H,1,6-11,14H2,(H,21,23). The summed E-state index contributed by atoms with van der Waals surface area (Å²) in [6.07, 6.45) is 2.90. The number of morpholine rings is 1. The molecular weight excluding hydrogens is 358 g/mol. The van der Waals surface area contributed by atoms with Crippen molar-refractivity contribution in [3.63, 3.8) is 0 Å². The Bertz CT molecular complexity index is 968. The van der Waals surface area contributed by atoms with Crippen LogP contribution >= 0.6 is 0 Å². The van der Waals surface area contributed by atoms with Gasteiger partial charge < -0.3 is 19.5 Å². The first-order chi connectivity index (χ1) is 13.9. The third-order valence-electron chi connectivity index (χ3n) is 5.09. The summed E-state index contributed by atoms with van der Waals surface area (Å²) in [5, 5.41) is 8.15. The fourth-order valence-corrected chi connectivity index (χ4v) is 3.56. The molecule has 1 N–H and O–H groups in total. The van der Waals surface area contributed by atoms with Gasteiger partial charge in [0.25, 0.3) is 0 Å². The summed E-state index contributed by atoms with van der Waals surface area (Å²) in [7, 11) is 0. The van der Waals surface area contributed by atoms with Crippen LogP contribution in [-0.4, -0.2) is 65.7 Å². The molecule has 0 amide bonds. The van der Waals surface area contributed by atoms with Crippen LogP contribution in [-0.2, 0) is 4.74 Å². The molecular formula is C20H23N5O3. The van der Waals surface area contributed by atoms with Crippen molar-refractivity contribution in [2.24, 2.45) is 0 Å². The van der Waals surface area contributed by atoms with Crippen LogP contribution in [0.15, 0.2) is 36.5 Å². The topological polar surface area (TPSA) is 73.2 Å². The molecule has 2 aliphatic rings. The van der Waals surface area contributed by atoms with E-state index in [2.05, 4.69) is 15.2 Å². The predicted octanol–water partition coefficient (Wildman–Crippen LogP) is 2.26. The summed E-state index contributed by atoms with van der Waals surface area (Å²) >= 11 is 0. The molecule has 8 nitrogen and oxygen atoms in total. The SMILES string of the molecule is c1cc2c(cc1-c1cnc3ccc(NCCCN4CCOCC4)nn13)OCO2. The molecule has 5 rings (SSSR count). The normalized spacial score (nSPS) is 16.6. The van der Waals surface area contributed by atoms with Crippen molar-refractivity contribution in [3.05, 3.63) is 36.5 Å². The van der Waals surface area contributed by atoms with Gasteiger partial charge in [0.15, 0.2) is 17.1 Å². The van der Waals surface area contributed by atoms with Gasteiger partial charge in [0.2, 0.25) is 6.79 Å². The number of hydrogen-bond donors (Lipinski definition) is 1. The molecule has 0 aliphatic carbocycles. The second-order valence-electron chi connectivity index (χ2n) is 6.93. The lowest BCUT2D eigenvalue weighted by Gasteiger charge is -2.26. The summed E-state index contributed by atoms with van der Waals surface area (Å²) < 4.78 is 18.1. The Morgan fingerprint density at radius 1 is 1.04 bits per heavy atom. The van der Waals surface area contributed by atoms with E-state index < -0.39 is 0 Å². The number of ether oxygens (including phenoxy) is 3. The molecule has 1 aromatic carbocycles. The fourth-order valence-electron chi connectivity index (χ4n) is 3.56. The zero-order chi connectivity index (χ0) is 18.8. The number of anilines is 1. The molecule has 146 valence electrons. The van der Waals surface area contributed by atoms with Crippen molar-refractivity contribution < 1.29 is 14.2 Å². The lowest BCUT2D eigenvalue weighted by atomic mass is 10.1. The third kappa shape index (κ3) is 3.48. The van der Waals surface area contributed by atoms with Gasteiger partial charge in [-0.25, -0.2) is 9.50 Å². The number of hydrogen-bond acceptors (Lipinski definition) is 7. The highest BCUT2D eigenvalue weighted by Gasteiger charge is 2.16. The first-order valence-corrected chi connectivity index (χ1v) is 9.66. The van der Waals surface area contributed by atoms with Crippen LogP contribution in [0.1, 0.15) is 6.42 Å². The zero-order valence-electron chi connectivity index (χ0n) is 15.6. The van der Waals surface area contributed by atoms with Crippen LogP contribution in [0.2, 0.25) is 0 Å². The minimum atomic E-state index is 0.267. The van der Waals surface area contributed by atoms with E-state index in [0.29, 0.717) is 0 Å². The van der Waals surface area contributed by atoms with E-state index in [1.807, 2.05) is 41.0 Å². The van der Waals surface area contributed by atoms with E-state index >= 15 is 0 Å². The number of benzene rings is 1. The molecule has 0 saturated carbocycles. The number of fused-ring (bicyclic) bond motifs is 2. The minimum absolute atomic E-state index is 0.267. The van der Waals surface area contributed by atoms with Gasteiger partial charge in [-0.1, -0.05) is 0 Å². The van der Waals surface area contributed by atoms with Gasteiger partial charge in [0.1, 0.15) is 5.82 Å². The summed E-state index contributed by atoms with van der Waals surface area (Å²) in [6.45, 7) is 5.96. The van der Waals surface area contributed by atoms with Crippen LogP contribution in [0.3, 0.4) is 0 Å².